The van der Waals surface area contributed by atoms with Crippen LogP contribution in [0.4, 0.5) is 5.69 Å². The summed E-state index contributed by atoms with van der Waals surface area (Å²) in [5, 5.41) is 9.57. The molecule has 0 bridgehead atoms. The van der Waals surface area contributed by atoms with E-state index < -0.39 is 38.1 Å². The lowest BCUT2D eigenvalue weighted by atomic mass is 9.99. The second kappa shape index (κ2) is 11.2. The van der Waals surface area contributed by atoms with Crippen molar-refractivity contribution in [3.8, 4) is 5.75 Å². The number of fused-ring (bicyclic) bond motifs is 1. The van der Waals surface area contributed by atoms with Crippen LogP contribution in [0.3, 0.4) is 0 Å². The van der Waals surface area contributed by atoms with Gasteiger partial charge in [-0.2, -0.15) is 12.7 Å². The number of nitrogens with zero attached hydrogens (tertiary/aromatic N) is 6. The number of ether oxygens (including phenoxy) is 1. The molecule has 0 fully saturated rings. The normalized spacial score (nSPS) is 19.1. The summed E-state index contributed by atoms with van der Waals surface area (Å²) in [6.45, 7) is 3.32. The minimum absolute atomic E-state index is 0.0525. The molecule has 3 heterocycles. The van der Waals surface area contributed by atoms with Crippen molar-refractivity contribution in [1.82, 2.24) is 28.3 Å². The zero-order valence-corrected chi connectivity index (χ0v) is 24.4. The molecule has 1 amide bonds. The smallest absolute Gasteiger partial charge is 0.280 e. The first-order valence-electron chi connectivity index (χ1n) is 12.4. The maximum absolute atomic E-state index is 13.6. The van der Waals surface area contributed by atoms with E-state index in [-0.39, 0.29) is 52.7 Å². The number of hydrogen-bond acceptors (Lipinski definition) is 9. The summed E-state index contributed by atoms with van der Waals surface area (Å²) in [6, 6.07) is 3.70. The van der Waals surface area contributed by atoms with Crippen LogP contribution in [0.25, 0.3) is 0 Å². The molecular formula is C24H33N7O7S2. The van der Waals surface area contributed by atoms with Crippen molar-refractivity contribution in [2.75, 3.05) is 31.5 Å². The zero-order chi connectivity index (χ0) is 29.4. The van der Waals surface area contributed by atoms with Gasteiger partial charge in [0, 0.05) is 51.7 Å². The molecule has 0 saturated heterocycles. The third-order valence-corrected chi connectivity index (χ3v) is 9.64. The number of carbonyl (C=O) groups is 1. The Morgan fingerprint density at radius 3 is 2.33 bits per heavy atom. The highest BCUT2D eigenvalue weighted by molar-refractivity contribution is 7.92. The number of hydrogen-bond donors (Lipinski definition) is 2. The molecule has 0 unspecified atom stereocenters. The number of amides is 1. The van der Waals surface area contributed by atoms with Gasteiger partial charge in [0.1, 0.15) is 11.9 Å². The van der Waals surface area contributed by atoms with Crippen molar-refractivity contribution in [3.05, 3.63) is 48.8 Å². The molecule has 0 spiro atoms. The fourth-order valence-corrected chi connectivity index (χ4v) is 6.45. The summed E-state index contributed by atoms with van der Waals surface area (Å²) < 4.78 is 64.7. The number of benzene rings is 1. The molecular weight excluding hydrogens is 562 g/mol. The predicted molar refractivity (Wildman–Crippen MR) is 145 cm³/mol. The lowest BCUT2D eigenvalue weighted by Gasteiger charge is -2.38. The number of aromatic nitrogens is 4. The minimum atomic E-state index is -4.03. The molecule has 3 atom stereocenters. The highest BCUT2D eigenvalue weighted by Crippen LogP contribution is 2.31. The monoisotopic (exact) mass is 595 g/mol. The number of aliphatic hydroxyl groups is 1. The van der Waals surface area contributed by atoms with Gasteiger partial charge in [0.2, 0.25) is 0 Å². The summed E-state index contributed by atoms with van der Waals surface area (Å²) in [5.74, 6) is -0.647. The van der Waals surface area contributed by atoms with Crippen molar-refractivity contribution in [2.45, 2.75) is 36.0 Å². The van der Waals surface area contributed by atoms with Gasteiger partial charge in [-0.3, -0.25) is 9.52 Å². The van der Waals surface area contributed by atoms with Gasteiger partial charge in [-0.1, -0.05) is 6.92 Å². The molecule has 1 aromatic carbocycles. The number of carbonyl (C=O) groups excluding carboxylic acids is 1. The molecule has 3 aromatic rings. The zero-order valence-electron chi connectivity index (χ0n) is 22.8. The molecule has 0 aliphatic carbocycles. The summed E-state index contributed by atoms with van der Waals surface area (Å²) in [4.78, 5) is 22.9. The van der Waals surface area contributed by atoms with Gasteiger partial charge in [0.15, 0.2) is 10.1 Å². The van der Waals surface area contributed by atoms with Gasteiger partial charge in [-0.05, 0) is 25.1 Å². The number of imidazole rings is 2. The van der Waals surface area contributed by atoms with Crippen molar-refractivity contribution in [3.63, 3.8) is 0 Å². The summed E-state index contributed by atoms with van der Waals surface area (Å²) in [7, 11) is -3.22. The van der Waals surface area contributed by atoms with Crippen LogP contribution in [0.1, 0.15) is 24.2 Å². The van der Waals surface area contributed by atoms with Gasteiger partial charge >= 0.3 is 0 Å². The standard InChI is InChI=1S/C24H33N7O7S2/c1-16-9-31(17(2)13-32)24(33)19-8-18(27-39(34,35)22-11-28(3)14-25-22)6-7-20(19)38-21(16)10-30(5)40(36,37)23-12-29(4)15-26-23/h6-8,11-12,14-17,21,27,32H,9-10,13H2,1-5H3/t16-,17-,21+/m0/s1. The molecule has 1 aliphatic heterocycles. The van der Waals surface area contributed by atoms with Crippen LogP contribution in [0.2, 0.25) is 0 Å². The van der Waals surface area contributed by atoms with Crippen LogP contribution < -0.4 is 9.46 Å². The van der Waals surface area contributed by atoms with Gasteiger partial charge in [-0.15, -0.1) is 0 Å². The molecule has 2 aromatic heterocycles. The topological polar surface area (TPSA) is 169 Å². The number of aryl methyl sites for hydroxylation is 2. The Morgan fingerprint density at radius 2 is 1.75 bits per heavy atom. The largest absolute Gasteiger partial charge is 0.488 e. The van der Waals surface area contributed by atoms with Gasteiger partial charge in [0.05, 0.1) is 37.4 Å². The Morgan fingerprint density at radius 1 is 1.12 bits per heavy atom. The Hall–Kier alpha value is -3.47. The van der Waals surface area contributed by atoms with E-state index in [9.17, 15) is 26.7 Å². The van der Waals surface area contributed by atoms with E-state index in [1.165, 1.54) is 64.3 Å². The number of anilines is 1. The second-order valence-electron chi connectivity index (χ2n) is 9.98. The minimum Gasteiger partial charge on any atom is -0.488 e. The Kier molecular flexibility index (Phi) is 8.26. The molecule has 40 heavy (non-hydrogen) atoms. The average molecular weight is 596 g/mol. The van der Waals surface area contributed by atoms with Crippen molar-refractivity contribution < 1.29 is 31.5 Å². The number of likely N-dealkylation sites (N-methyl/N-ethyl adjacent to an activating group) is 1. The first-order valence-corrected chi connectivity index (χ1v) is 15.3. The highest BCUT2D eigenvalue weighted by Gasteiger charge is 2.36. The molecule has 218 valence electrons. The van der Waals surface area contributed by atoms with Crippen LogP contribution in [-0.4, -0.2) is 95.0 Å². The van der Waals surface area contributed by atoms with Gasteiger partial charge in [0.25, 0.3) is 26.0 Å². The molecule has 0 radical (unpaired) electrons. The van der Waals surface area contributed by atoms with Crippen LogP contribution >= 0.6 is 0 Å². The molecule has 16 heteroatoms. The van der Waals surface area contributed by atoms with E-state index in [0.717, 1.165) is 4.31 Å². The van der Waals surface area contributed by atoms with Crippen molar-refractivity contribution in [1.29, 1.82) is 0 Å². The molecule has 4 rings (SSSR count). The van der Waals surface area contributed by atoms with Crippen LogP contribution in [0.15, 0.2) is 53.3 Å². The first-order chi connectivity index (χ1) is 18.7. The Labute approximate surface area is 233 Å². The Bertz CT molecular complexity index is 1600. The molecule has 1 aliphatic rings. The van der Waals surface area contributed by atoms with E-state index in [0.29, 0.717) is 0 Å². The van der Waals surface area contributed by atoms with Crippen LogP contribution in [-0.2, 0) is 34.1 Å². The fourth-order valence-electron chi connectivity index (χ4n) is 4.27. The predicted octanol–water partition coefficient (Wildman–Crippen LogP) is 0.495. The SMILES string of the molecule is C[C@H]1CN([C@@H](C)CO)C(=O)c2cc(NS(=O)(=O)c3cn(C)cn3)ccc2O[C@@H]1CN(C)S(=O)(=O)c1cn(C)cn1. The maximum Gasteiger partial charge on any atom is 0.280 e. The van der Waals surface area contributed by atoms with E-state index >= 15 is 0 Å². The molecule has 14 nitrogen and oxygen atoms in total. The lowest BCUT2D eigenvalue weighted by Crippen LogP contribution is -2.50. The van der Waals surface area contributed by atoms with E-state index in [2.05, 4.69) is 14.7 Å². The highest BCUT2D eigenvalue weighted by atomic mass is 32.2. The maximum atomic E-state index is 13.6. The number of rotatable bonds is 9. The van der Waals surface area contributed by atoms with E-state index in [1.54, 1.807) is 21.0 Å². The lowest BCUT2D eigenvalue weighted by molar-refractivity contribution is 0.0387. The van der Waals surface area contributed by atoms with Crippen LogP contribution in [0, 0.1) is 5.92 Å². The fraction of sp³-hybridized carbons (Fsp3) is 0.458. The third-order valence-electron chi connectivity index (χ3n) is 6.67. The van der Waals surface area contributed by atoms with E-state index in [4.69, 9.17) is 4.74 Å². The first kappa shape index (κ1) is 29.5. The van der Waals surface area contributed by atoms with Crippen molar-refractivity contribution >= 4 is 31.6 Å². The van der Waals surface area contributed by atoms with E-state index in [1.807, 2.05) is 6.92 Å². The molecule has 2 N–H and O–H groups in total. The summed E-state index contributed by atoms with van der Waals surface area (Å²) in [6.07, 6.45) is 4.80. The second-order valence-corrected chi connectivity index (χ2v) is 13.6. The molecule has 0 saturated carbocycles. The van der Waals surface area contributed by atoms with Crippen molar-refractivity contribution in [2.24, 2.45) is 20.0 Å². The van der Waals surface area contributed by atoms with Gasteiger partial charge in [-0.25, -0.2) is 18.4 Å². The number of sulfonamides is 2. The summed E-state index contributed by atoms with van der Waals surface area (Å²) >= 11 is 0. The quantitative estimate of drug-likeness (QED) is 0.358. The average Bonchev–Trinajstić information content (AvgIpc) is 3.54. The third kappa shape index (κ3) is 5.99. The number of aliphatic hydroxyl groups excluding tert-OH is 1. The summed E-state index contributed by atoms with van der Waals surface area (Å²) in [5.41, 5.74) is 0.173. The number of nitrogens with one attached hydrogen (secondary N) is 1. The Balaban J connectivity index is 1.68. The van der Waals surface area contributed by atoms with Gasteiger partial charge < -0.3 is 23.9 Å². The van der Waals surface area contributed by atoms with Crippen LogP contribution in [0.5, 0.6) is 5.75 Å².